The maximum Gasteiger partial charge on any atom is 0.380 e. The first-order valence-electron chi connectivity index (χ1n) is 10.4. The summed E-state index contributed by atoms with van der Waals surface area (Å²) in [5.41, 5.74) is 4.25. The molecule has 10 heteroatoms. The zero-order valence-corrected chi connectivity index (χ0v) is 18.4. The van der Waals surface area contributed by atoms with Gasteiger partial charge in [-0.2, -0.15) is 13.6 Å². The summed E-state index contributed by atoms with van der Waals surface area (Å²) in [6.45, 7) is 3.29. The zero-order chi connectivity index (χ0) is 22.5. The summed E-state index contributed by atoms with van der Waals surface area (Å²) < 4.78 is 33.5. The van der Waals surface area contributed by atoms with Gasteiger partial charge in [-0.1, -0.05) is 6.07 Å². The molecule has 2 aliphatic rings. The number of nitrogens with two attached hydrogens (primary N) is 1. The molecule has 0 bridgehead atoms. The summed E-state index contributed by atoms with van der Waals surface area (Å²) in [7, 11) is -2.89. The number of benzene rings is 2. The van der Waals surface area contributed by atoms with Crippen molar-refractivity contribution in [1.82, 2.24) is 15.2 Å². The van der Waals surface area contributed by atoms with Crippen molar-refractivity contribution in [2.75, 3.05) is 20.2 Å². The summed E-state index contributed by atoms with van der Waals surface area (Å²) in [6.07, 6.45) is 2.49. The van der Waals surface area contributed by atoms with Crippen molar-refractivity contribution < 1.29 is 22.1 Å². The topological polar surface area (TPSA) is 127 Å². The van der Waals surface area contributed by atoms with Gasteiger partial charge in [0.05, 0.1) is 12.7 Å². The number of rotatable bonds is 6. The van der Waals surface area contributed by atoms with Crippen LogP contribution < -0.4 is 19.4 Å². The van der Waals surface area contributed by atoms with E-state index in [1.54, 1.807) is 6.07 Å². The normalized spacial score (nSPS) is 16.4. The molecule has 3 heterocycles. The number of hydrogen-bond donors (Lipinski definition) is 3. The first-order valence-corrected chi connectivity index (χ1v) is 11.9. The minimum atomic E-state index is -4.29. The number of aromatic nitrogens is 1. The molecule has 0 spiro atoms. The van der Waals surface area contributed by atoms with Crippen molar-refractivity contribution in [3.63, 3.8) is 0 Å². The standard InChI is InChI=1S/C22H24N4O5S/c1-30-19-10-15(20-16(11-24-22(20)27)21(19)31-32(23,28)29)18-9-14-8-13(4-5-17(14)25-18)12-26-6-2-3-7-26/h4-5,8-10,25H,2-3,6-7,11-12H2,1H3,(H,24,27)(H2,23,28,29). The van der Waals surface area contributed by atoms with Gasteiger partial charge in [-0.25, -0.2) is 0 Å². The lowest BCUT2D eigenvalue weighted by Crippen LogP contribution is -2.20. The quantitative estimate of drug-likeness (QED) is 0.522. The molecule has 2 aromatic carbocycles. The lowest BCUT2D eigenvalue weighted by atomic mass is 9.98. The summed E-state index contributed by atoms with van der Waals surface area (Å²) in [5.74, 6) is -0.209. The van der Waals surface area contributed by atoms with Crippen molar-refractivity contribution in [2.24, 2.45) is 5.14 Å². The molecule has 2 aliphatic heterocycles. The number of amides is 1. The third-order valence-electron chi connectivity index (χ3n) is 6.00. The van der Waals surface area contributed by atoms with Gasteiger partial charge in [0.1, 0.15) is 0 Å². The number of likely N-dealkylation sites (tertiary alicyclic amines) is 1. The van der Waals surface area contributed by atoms with Crippen LogP contribution in [0.15, 0.2) is 30.3 Å². The molecule has 0 saturated carbocycles. The third kappa shape index (κ3) is 3.81. The number of fused-ring (bicyclic) bond motifs is 2. The van der Waals surface area contributed by atoms with E-state index in [1.807, 2.05) is 12.1 Å². The average molecular weight is 457 g/mol. The molecule has 4 N–H and O–H groups in total. The highest BCUT2D eigenvalue weighted by atomic mass is 32.2. The van der Waals surface area contributed by atoms with Crippen molar-refractivity contribution >= 4 is 27.1 Å². The van der Waals surface area contributed by atoms with Gasteiger partial charge < -0.3 is 19.2 Å². The van der Waals surface area contributed by atoms with Gasteiger partial charge in [0.25, 0.3) is 5.91 Å². The Morgan fingerprint density at radius 2 is 1.94 bits per heavy atom. The van der Waals surface area contributed by atoms with E-state index in [0.717, 1.165) is 36.2 Å². The van der Waals surface area contributed by atoms with Crippen molar-refractivity contribution in [3.05, 3.63) is 47.0 Å². The lowest BCUT2D eigenvalue weighted by Gasteiger charge is -2.14. The third-order valence-corrected chi connectivity index (χ3v) is 6.40. The van der Waals surface area contributed by atoms with Gasteiger partial charge >= 0.3 is 10.3 Å². The second kappa shape index (κ2) is 7.80. The van der Waals surface area contributed by atoms with Crippen LogP contribution in [-0.4, -0.2) is 44.4 Å². The Morgan fingerprint density at radius 1 is 1.16 bits per heavy atom. The molecule has 3 aromatic rings. The Balaban J connectivity index is 1.59. The van der Waals surface area contributed by atoms with E-state index in [1.165, 1.54) is 25.5 Å². The highest BCUT2D eigenvalue weighted by Crippen LogP contribution is 2.43. The Kier molecular flexibility index (Phi) is 5.07. The maximum absolute atomic E-state index is 12.6. The molecule has 0 aliphatic carbocycles. The summed E-state index contributed by atoms with van der Waals surface area (Å²) >= 11 is 0. The number of nitrogens with zero attached hydrogens (tertiary/aromatic N) is 1. The highest BCUT2D eigenvalue weighted by Gasteiger charge is 2.32. The first kappa shape index (κ1) is 20.8. The fourth-order valence-electron chi connectivity index (χ4n) is 4.57. The van der Waals surface area contributed by atoms with E-state index >= 15 is 0 Å². The minimum Gasteiger partial charge on any atom is -0.493 e. The average Bonchev–Trinajstić information content (AvgIpc) is 3.47. The van der Waals surface area contributed by atoms with Crippen LogP contribution >= 0.6 is 0 Å². The minimum absolute atomic E-state index is 0.0730. The summed E-state index contributed by atoms with van der Waals surface area (Å²) in [4.78, 5) is 18.4. The summed E-state index contributed by atoms with van der Waals surface area (Å²) in [5, 5.41) is 8.83. The number of aromatic amines is 1. The van der Waals surface area contributed by atoms with E-state index in [2.05, 4.69) is 27.3 Å². The Bertz CT molecular complexity index is 1330. The Labute approximate surface area is 185 Å². The molecule has 5 rings (SSSR count). The van der Waals surface area contributed by atoms with E-state index < -0.39 is 10.3 Å². The van der Waals surface area contributed by atoms with Gasteiger partial charge in [-0.3, -0.25) is 9.69 Å². The van der Waals surface area contributed by atoms with Crippen molar-refractivity contribution in [2.45, 2.75) is 25.9 Å². The molecular weight excluding hydrogens is 432 g/mol. The molecule has 1 amide bonds. The predicted molar refractivity (Wildman–Crippen MR) is 120 cm³/mol. The Hall–Kier alpha value is -3.08. The highest BCUT2D eigenvalue weighted by molar-refractivity contribution is 7.84. The van der Waals surface area contributed by atoms with Crippen LogP contribution in [0.5, 0.6) is 11.5 Å². The maximum atomic E-state index is 12.6. The van der Waals surface area contributed by atoms with Gasteiger partial charge in [-0.15, -0.1) is 0 Å². The number of hydrogen-bond acceptors (Lipinski definition) is 6. The van der Waals surface area contributed by atoms with E-state index in [-0.39, 0.29) is 24.0 Å². The number of nitrogens with one attached hydrogen (secondary N) is 2. The van der Waals surface area contributed by atoms with Crippen LogP contribution in [0.3, 0.4) is 0 Å². The van der Waals surface area contributed by atoms with Crippen LogP contribution in [0, 0.1) is 0 Å². The molecule has 9 nitrogen and oxygen atoms in total. The monoisotopic (exact) mass is 456 g/mol. The number of methoxy groups -OCH3 is 1. The molecular formula is C22H24N4O5S. The Morgan fingerprint density at radius 3 is 2.66 bits per heavy atom. The zero-order valence-electron chi connectivity index (χ0n) is 17.6. The van der Waals surface area contributed by atoms with Gasteiger partial charge in [0.15, 0.2) is 11.5 Å². The smallest absolute Gasteiger partial charge is 0.380 e. The SMILES string of the molecule is COc1cc(-c2cc3cc(CN4CCCC4)ccc3[nH]2)c2c(c1OS(N)(=O)=O)CNC2=O. The number of ether oxygens (including phenoxy) is 1. The summed E-state index contributed by atoms with van der Waals surface area (Å²) in [6, 6.07) is 9.90. The number of H-pyrrole nitrogens is 1. The van der Waals surface area contributed by atoms with Crippen LogP contribution in [-0.2, 0) is 23.4 Å². The lowest BCUT2D eigenvalue weighted by molar-refractivity contribution is 0.0966. The molecule has 32 heavy (non-hydrogen) atoms. The second-order valence-corrected chi connectivity index (χ2v) is 9.31. The first-order chi connectivity index (χ1) is 15.3. The van der Waals surface area contributed by atoms with Crippen molar-refractivity contribution in [1.29, 1.82) is 0 Å². The molecule has 1 fully saturated rings. The largest absolute Gasteiger partial charge is 0.493 e. The molecule has 0 radical (unpaired) electrons. The van der Waals surface area contributed by atoms with E-state index in [0.29, 0.717) is 16.7 Å². The van der Waals surface area contributed by atoms with Crippen LogP contribution in [0.25, 0.3) is 22.2 Å². The van der Waals surface area contributed by atoms with Crippen molar-refractivity contribution in [3.8, 4) is 22.8 Å². The predicted octanol–water partition coefficient (Wildman–Crippen LogP) is 2.26. The van der Waals surface area contributed by atoms with Crippen LogP contribution in [0.4, 0.5) is 0 Å². The molecule has 0 unspecified atom stereocenters. The fraction of sp³-hybridized carbons (Fsp3) is 0.318. The number of carbonyl (C=O) groups excluding carboxylic acids is 1. The molecule has 1 aromatic heterocycles. The van der Waals surface area contributed by atoms with Gasteiger partial charge in [0.2, 0.25) is 0 Å². The van der Waals surface area contributed by atoms with Crippen LogP contribution in [0.1, 0.15) is 34.3 Å². The molecule has 168 valence electrons. The second-order valence-electron chi connectivity index (χ2n) is 8.16. The number of carbonyl (C=O) groups is 1. The molecule has 1 saturated heterocycles. The fourth-order valence-corrected chi connectivity index (χ4v) is 4.99. The van der Waals surface area contributed by atoms with Crippen LogP contribution in [0.2, 0.25) is 0 Å². The molecule has 0 atom stereocenters. The van der Waals surface area contributed by atoms with Gasteiger partial charge in [0, 0.05) is 40.8 Å². The van der Waals surface area contributed by atoms with E-state index in [9.17, 15) is 13.2 Å². The van der Waals surface area contributed by atoms with E-state index in [4.69, 9.17) is 14.1 Å². The van der Waals surface area contributed by atoms with Gasteiger partial charge in [-0.05, 0) is 55.8 Å².